The molecule has 26 heavy (non-hydrogen) atoms. The van der Waals surface area contributed by atoms with Crippen LogP contribution in [0.4, 0.5) is 10.1 Å². The summed E-state index contributed by atoms with van der Waals surface area (Å²) < 4.78 is 38.2. The van der Waals surface area contributed by atoms with Gasteiger partial charge in [-0.2, -0.15) is 0 Å². The van der Waals surface area contributed by atoms with E-state index in [1.54, 1.807) is 37.3 Å². The highest BCUT2D eigenvalue weighted by atomic mass is 35.5. The first kappa shape index (κ1) is 20.2. The molecule has 0 aliphatic heterocycles. The Labute approximate surface area is 157 Å². The van der Waals surface area contributed by atoms with Crippen LogP contribution >= 0.6 is 11.6 Å². The molecular weight excluding hydrogens is 379 g/mol. The lowest BCUT2D eigenvalue weighted by molar-refractivity contribution is -0.119. The molecule has 5 nitrogen and oxygen atoms in total. The number of carbonyl (C=O) groups excluding carboxylic acids is 1. The van der Waals surface area contributed by atoms with Crippen molar-refractivity contribution < 1.29 is 17.6 Å². The lowest BCUT2D eigenvalue weighted by atomic mass is 10.1. The second-order valence-electron chi connectivity index (χ2n) is 5.88. The maximum absolute atomic E-state index is 12.9. The van der Waals surface area contributed by atoms with Crippen molar-refractivity contribution in [2.75, 3.05) is 23.7 Å². The molecule has 0 aromatic heterocycles. The van der Waals surface area contributed by atoms with Crippen LogP contribution < -0.4 is 9.62 Å². The van der Waals surface area contributed by atoms with Gasteiger partial charge >= 0.3 is 0 Å². The third-order valence-electron chi connectivity index (χ3n) is 3.84. The van der Waals surface area contributed by atoms with Crippen molar-refractivity contribution in [2.24, 2.45) is 0 Å². The number of nitrogens with one attached hydrogen (secondary N) is 1. The number of hydrogen-bond donors (Lipinski definition) is 1. The fraction of sp³-hybridized carbons (Fsp3) is 0.278. The van der Waals surface area contributed by atoms with Gasteiger partial charge in [-0.05, 0) is 48.7 Å². The molecule has 1 amide bonds. The Morgan fingerprint density at radius 2 is 1.85 bits per heavy atom. The van der Waals surface area contributed by atoms with Gasteiger partial charge in [-0.25, -0.2) is 12.8 Å². The lowest BCUT2D eigenvalue weighted by Gasteiger charge is -2.24. The summed E-state index contributed by atoms with van der Waals surface area (Å²) in [6.07, 6.45) is 1.56. The number of benzene rings is 2. The molecule has 0 saturated carbocycles. The molecule has 0 aliphatic carbocycles. The van der Waals surface area contributed by atoms with Gasteiger partial charge in [0.2, 0.25) is 15.9 Å². The Balaban J connectivity index is 2.03. The van der Waals surface area contributed by atoms with Crippen LogP contribution in [0.15, 0.2) is 42.5 Å². The van der Waals surface area contributed by atoms with Crippen LogP contribution in [0.2, 0.25) is 5.02 Å². The van der Waals surface area contributed by atoms with Gasteiger partial charge in [0.05, 0.1) is 11.9 Å². The molecule has 0 bridgehead atoms. The van der Waals surface area contributed by atoms with Crippen molar-refractivity contribution in [1.82, 2.24) is 5.32 Å². The van der Waals surface area contributed by atoms with Gasteiger partial charge < -0.3 is 5.32 Å². The van der Waals surface area contributed by atoms with Crippen molar-refractivity contribution in [2.45, 2.75) is 13.3 Å². The second-order valence-corrected chi connectivity index (χ2v) is 8.19. The topological polar surface area (TPSA) is 66.5 Å². The highest BCUT2D eigenvalue weighted by Gasteiger charge is 2.22. The number of anilines is 1. The molecule has 0 radical (unpaired) electrons. The quantitative estimate of drug-likeness (QED) is 0.779. The SMILES string of the molecule is Cc1c(Cl)cccc1N(CC(=O)NCCc1ccc(F)cc1)S(C)(=O)=O. The molecule has 0 atom stereocenters. The molecule has 2 aromatic rings. The first-order valence-corrected chi connectivity index (χ1v) is 10.1. The molecule has 0 saturated heterocycles. The van der Waals surface area contributed by atoms with Crippen molar-refractivity contribution in [3.63, 3.8) is 0 Å². The minimum atomic E-state index is -3.66. The molecule has 0 fully saturated rings. The van der Waals surface area contributed by atoms with Crippen LogP contribution in [-0.4, -0.2) is 33.7 Å². The summed E-state index contributed by atoms with van der Waals surface area (Å²) in [5, 5.41) is 3.10. The van der Waals surface area contributed by atoms with Crippen molar-refractivity contribution in [3.8, 4) is 0 Å². The predicted molar refractivity (Wildman–Crippen MR) is 101 cm³/mol. The summed E-state index contributed by atoms with van der Waals surface area (Å²) >= 11 is 6.06. The zero-order chi connectivity index (χ0) is 19.3. The third-order valence-corrected chi connectivity index (χ3v) is 5.38. The van der Waals surface area contributed by atoms with Gasteiger partial charge in [0, 0.05) is 11.6 Å². The average Bonchev–Trinajstić information content (AvgIpc) is 2.56. The fourth-order valence-corrected chi connectivity index (χ4v) is 3.51. The number of nitrogens with zero attached hydrogens (tertiary/aromatic N) is 1. The van der Waals surface area contributed by atoms with E-state index in [0.29, 0.717) is 29.2 Å². The van der Waals surface area contributed by atoms with E-state index >= 15 is 0 Å². The summed E-state index contributed by atoms with van der Waals surface area (Å²) in [6, 6.07) is 10.9. The fourth-order valence-electron chi connectivity index (χ4n) is 2.43. The molecule has 0 heterocycles. The van der Waals surface area contributed by atoms with Crippen LogP contribution in [0.25, 0.3) is 0 Å². The lowest BCUT2D eigenvalue weighted by Crippen LogP contribution is -2.41. The molecule has 140 valence electrons. The number of rotatable bonds is 7. The third kappa shape index (κ3) is 5.44. The molecule has 0 unspecified atom stereocenters. The van der Waals surface area contributed by atoms with E-state index in [9.17, 15) is 17.6 Å². The summed E-state index contributed by atoms with van der Waals surface area (Å²) in [4.78, 5) is 12.2. The Morgan fingerprint density at radius 1 is 1.19 bits per heavy atom. The van der Waals surface area contributed by atoms with Gasteiger partial charge in [-0.3, -0.25) is 9.10 Å². The van der Waals surface area contributed by atoms with Crippen LogP contribution in [0.5, 0.6) is 0 Å². The maximum atomic E-state index is 12.9. The number of hydrogen-bond acceptors (Lipinski definition) is 3. The molecule has 8 heteroatoms. The summed E-state index contributed by atoms with van der Waals surface area (Å²) in [5.74, 6) is -0.754. The van der Waals surface area contributed by atoms with E-state index in [2.05, 4.69) is 5.32 Å². The van der Waals surface area contributed by atoms with Crippen LogP contribution in [0.1, 0.15) is 11.1 Å². The first-order valence-electron chi connectivity index (χ1n) is 7.92. The Kier molecular flexibility index (Phi) is 6.61. The van der Waals surface area contributed by atoms with Gasteiger partial charge in [0.25, 0.3) is 0 Å². The van der Waals surface area contributed by atoms with Gasteiger partial charge in [-0.15, -0.1) is 0 Å². The highest BCUT2D eigenvalue weighted by Crippen LogP contribution is 2.27. The van der Waals surface area contributed by atoms with E-state index in [1.165, 1.54) is 12.1 Å². The number of carbonyl (C=O) groups is 1. The summed E-state index contributed by atoms with van der Waals surface area (Å²) in [7, 11) is -3.66. The molecule has 0 aliphatic rings. The summed E-state index contributed by atoms with van der Waals surface area (Å²) in [6.45, 7) is 1.67. The van der Waals surface area contributed by atoms with Crippen LogP contribution in [-0.2, 0) is 21.2 Å². The largest absolute Gasteiger partial charge is 0.354 e. The maximum Gasteiger partial charge on any atom is 0.240 e. The van der Waals surface area contributed by atoms with E-state index in [-0.39, 0.29) is 12.4 Å². The number of halogens is 2. The van der Waals surface area contributed by atoms with Crippen molar-refractivity contribution in [1.29, 1.82) is 0 Å². The molecule has 2 rings (SSSR count). The van der Waals surface area contributed by atoms with Crippen LogP contribution in [0, 0.1) is 12.7 Å². The smallest absolute Gasteiger partial charge is 0.240 e. The summed E-state index contributed by atoms with van der Waals surface area (Å²) in [5.41, 5.74) is 1.82. The second kappa shape index (κ2) is 8.51. The van der Waals surface area contributed by atoms with Gasteiger partial charge in [-0.1, -0.05) is 29.8 Å². The van der Waals surface area contributed by atoms with E-state index in [0.717, 1.165) is 16.1 Å². The highest BCUT2D eigenvalue weighted by molar-refractivity contribution is 7.92. The Hall–Kier alpha value is -2.12. The van der Waals surface area contributed by atoms with E-state index < -0.39 is 15.9 Å². The Morgan fingerprint density at radius 3 is 2.46 bits per heavy atom. The zero-order valence-electron chi connectivity index (χ0n) is 14.5. The monoisotopic (exact) mass is 398 g/mol. The molecule has 2 aromatic carbocycles. The minimum Gasteiger partial charge on any atom is -0.354 e. The Bertz CT molecular complexity index is 886. The van der Waals surface area contributed by atoms with Gasteiger partial charge in [0.1, 0.15) is 12.4 Å². The standard InChI is InChI=1S/C18H20ClFN2O3S/c1-13-16(19)4-3-5-17(13)22(26(2,24)25)12-18(23)21-11-10-14-6-8-15(20)9-7-14/h3-9H,10-12H2,1-2H3,(H,21,23). The number of sulfonamides is 1. The average molecular weight is 399 g/mol. The van der Waals surface area contributed by atoms with Gasteiger partial charge in [0.15, 0.2) is 0 Å². The van der Waals surface area contributed by atoms with E-state index in [1.807, 2.05) is 0 Å². The molecule has 0 spiro atoms. The van der Waals surface area contributed by atoms with Crippen molar-refractivity contribution in [3.05, 3.63) is 64.4 Å². The van der Waals surface area contributed by atoms with Crippen LogP contribution in [0.3, 0.4) is 0 Å². The first-order chi connectivity index (χ1) is 12.2. The van der Waals surface area contributed by atoms with E-state index in [4.69, 9.17) is 11.6 Å². The van der Waals surface area contributed by atoms with Crippen molar-refractivity contribution >= 4 is 33.2 Å². The molecular formula is C18H20ClFN2O3S. The minimum absolute atomic E-state index is 0.316. The number of amides is 1. The molecule has 1 N–H and O–H groups in total. The zero-order valence-corrected chi connectivity index (χ0v) is 16.1. The normalized spacial score (nSPS) is 11.2. The predicted octanol–water partition coefficient (Wildman–Crippen LogP) is 2.91.